The van der Waals surface area contributed by atoms with E-state index in [1.165, 1.54) is 6.07 Å². The molecule has 0 aliphatic carbocycles. The van der Waals surface area contributed by atoms with E-state index in [4.69, 9.17) is 0 Å². The van der Waals surface area contributed by atoms with Gasteiger partial charge in [0.25, 0.3) is 0 Å². The number of aryl methyl sites for hydroxylation is 1. The third-order valence-corrected chi connectivity index (χ3v) is 2.44. The molecule has 1 aromatic carbocycles. The molecule has 0 aliphatic heterocycles. The topological polar surface area (TPSA) is 30.0 Å². The Labute approximate surface area is 92.8 Å². The van der Waals surface area contributed by atoms with Gasteiger partial charge in [-0.15, -0.1) is 0 Å². The summed E-state index contributed by atoms with van der Waals surface area (Å²) >= 11 is 0. The van der Waals surface area contributed by atoms with Gasteiger partial charge in [-0.3, -0.25) is 9.78 Å². The van der Waals surface area contributed by atoms with Crippen molar-refractivity contribution in [2.75, 3.05) is 0 Å². The first-order valence-corrected chi connectivity index (χ1v) is 4.88. The molecule has 0 amide bonds. The highest BCUT2D eigenvalue weighted by molar-refractivity contribution is 5.77. The monoisotopic (exact) mass is 215 g/mol. The van der Waals surface area contributed by atoms with Crippen LogP contribution in [-0.4, -0.2) is 11.3 Å². The number of carbonyl (C=O) groups is 1. The number of aromatic nitrogens is 1. The molecule has 16 heavy (non-hydrogen) atoms. The number of nitrogens with zero attached hydrogens (tertiary/aromatic N) is 1. The molecule has 0 saturated heterocycles. The normalized spacial score (nSPS) is 10.1. The molecule has 0 N–H and O–H groups in total. The molecule has 0 saturated carbocycles. The number of hydrogen-bond acceptors (Lipinski definition) is 2. The smallest absolute Gasteiger partial charge is 0.150 e. The Morgan fingerprint density at radius 2 is 2.06 bits per heavy atom. The molecule has 0 bridgehead atoms. The molecule has 1 aromatic heterocycles. The summed E-state index contributed by atoms with van der Waals surface area (Å²) in [5.74, 6) is -0.390. The zero-order valence-corrected chi connectivity index (χ0v) is 8.77. The van der Waals surface area contributed by atoms with Gasteiger partial charge < -0.3 is 0 Å². The maximum Gasteiger partial charge on any atom is 0.150 e. The molecule has 2 rings (SSSR count). The van der Waals surface area contributed by atoms with Crippen molar-refractivity contribution in [2.24, 2.45) is 0 Å². The molecule has 0 radical (unpaired) electrons. The summed E-state index contributed by atoms with van der Waals surface area (Å²) < 4.78 is 13.7. The van der Waals surface area contributed by atoms with Gasteiger partial charge in [-0.2, -0.15) is 0 Å². The summed E-state index contributed by atoms with van der Waals surface area (Å²) in [6.45, 7) is 1.87. The molecule has 80 valence electrons. The molecule has 0 atom stereocenters. The summed E-state index contributed by atoms with van der Waals surface area (Å²) in [5, 5.41) is 0. The fourth-order valence-electron chi connectivity index (χ4n) is 1.60. The van der Waals surface area contributed by atoms with Crippen LogP contribution in [0.2, 0.25) is 0 Å². The van der Waals surface area contributed by atoms with Crippen LogP contribution in [0.4, 0.5) is 4.39 Å². The first kappa shape index (κ1) is 10.5. The van der Waals surface area contributed by atoms with Crippen LogP contribution in [0.3, 0.4) is 0 Å². The lowest BCUT2D eigenvalue weighted by molar-refractivity contribution is 0.112. The van der Waals surface area contributed by atoms with Crippen LogP contribution in [0.5, 0.6) is 0 Å². The average molecular weight is 215 g/mol. The Hall–Kier alpha value is -2.03. The van der Waals surface area contributed by atoms with E-state index in [1.807, 2.05) is 6.92 Å². The van der Waals surface area contributed by atoms with Crippen molar-refractivity contribution >= 4 is 6.29 Å². The van der Waals surface area contributed by atoms with Crippen LogP contribution >= 0.6 is 0 Å². The number of benzene rings is 1. The third kappa shape index (κ3) is 1.84. The average Bonchev–Trinajstić information content (AvgIpc) is 2.30. The van der Waals surface area contributed by atoms with Crippen molar-refractivity contribution in [1.82, 2.24) is 4.98 Å². The van der Waals surface area contributed by atoms with Crippen LogP contribution in [0.25, 0.3) is 11.1 Å². The van der Waals surface area contributed by atoms with Gasteiger partial charge in [0.2, 0.25) is 0 Å². The summed E-state index contributed by atoms with van der Waals surface area (Å²) in [4.78, 5) is 14.5. The molecule has 0 aliphatic rings. The minimum atomic E-state index is -0.390. The zero-order valence-electron chi connectivity index (χ0n) is 8.77. The second kappa shape index (κ2) is 4.23. The predicted octanol–water partition coefficient (Wildman–Crippen LogP) is 3.01. The fraction of sp³-hybridized carbons (Fsp3) is 0.0769. The van der Waals surface area contributed by atoms with Gasteiger partial charge in [-0.1, -0.05) is 12.1 Å². The maximum absolute atomic E-state index is 13.7. The fourth-order valence-corrected chi connectivity index (χ4v) is 1.60. The quantitative estimate of drug-likeness (QED) is 0.721. The van der Waals surface area contributed by atoms with Crippen molar-refractivity contribution in [3.8, 4) is 11.1 Å². The van der Waals surface area contributed by atoms with E-state index in [-0.39, 0.29) is 5.82 Å². The second-order valence-corrected chi connectivity index (χ2v) is 3.55. The summed E-state index contributed by atoms with van der Waals surface area (Å²) in [6, 6.07) is 6.21. The van der Waals surface area contributed by atoms with Crippen molar-refractivity contribution in [1.29, 1.82) is 0 Å². The lowest BCUT2D eigenvalue weighted by atomic mass is 10.0. The summed E-state index contributed by atoms with van der Waals surface area (Å²) in [7, 11) is 0. The Bertz CT molecular complexity index is 537. The summed E-state index contributed by atoms with van der Waals surface area (Å²) in [5.41, 5.74) is 2.53. The molecular formula is C13H10FNO. The highest BCUT2D eigenvalue weighted by Gasteiger charge is 2.07. The van der Waals surface area contributed by atoms with E-state index in [9.17, 15) is 9.18 Å². The van der Waals surface area contributed by atoms with Gasteiger partial charge in [0.15, 0.2) is 0 Å². The molecule has 1 heterocycles. The van der Waals surface area contributed by atoms with Crippen molar-refractivity contribution < 1.29 is 9.18 Å². The number of hydrogen-bond donors (Lipinski definition) is 0. The molecule has 0 fully saturated rings. The van der Waals surface area contributed by atoms with E-state index in [2.05, 4.69) is 4.98 Å². The Balaban J connectivity index is 2.57. The first-order chi connectivity index (χ1) is 7.72. The Morgan fingerprint density at radius 3 is 2.69 bits per heavy atom. The lowest BCUT2D eigenvalue weighted by Gasteiger charge is -2.06. The minimum absolute atomic E-state index is 0.341. The largest absolute Gasteiger partial charge is 0.298 e. The van der Waals surface area contributed by atoms with Gasteiger partial charge in [0.1, 0.15) is 12.1 Å². The number of halogens is 1. The number of carbonyl (C=O) groups excluding carboxylic acids is 1. The van der Waals surface area contributed by atoms with E-state index in [1.54, 1.807) is 30.6 Å². The van der Waals surface area contributed by atoms with Crippen LogP contribution in [0, 0.1) is 12.7 Å². The predicted molar refractivity (Wildman–Crippen MR) is 59.8 cm³/mol. The van der Waals surface area contributed by atoms with Gasteiger partial charge in [0.05, 0.1) is 0 Å². The van der Waals surface area contributed by atoms with E-state index >= 15 is 0 Å². The van der Waals surface area contributed by atoms with Crippen LogP contribution in [0.1, 0.15) is 15.9 Å². The SMILES string of the molecule is Cc1cnccc1-c1ccc(C=O)cc1F. The van der Waals surface area contributed by atoms with E-state index in [0.717, 1.165) is 11.1 Å². The van der Waals surface area contributed by atoms with Crippen molar-refractivity contribution in [2.45, 2.75) is 6.92 Å². The lowest BCUT2D eigenvalue weighted by Crippen LogP contribution is -1.90. The molecule has 0 spiro atoms. The second-order valence-electron chi connectivity index (χ2n) is 3.55. The van der Waals surface area contributed by atoms with E-state index < -0.39 is 0 Å². The molecule has 3 heteroatoms. The molecular weight excluding hydrogens is 205 g/mol. The zero-order chi connectivity index (χ0) is 11.5. The van der Waals surface area contributed by atoms with Gasteiger partial charge in [0, 0.05) is 23.5 Å². The van der Waals surface area contributed by atoms with Crippen LogP contribution < -0.4 is 0 Å². The highest BCUT2D eigenvalue weighted by atomic mass is 19.1. The highest BCUT2D eigenvalue weighted by Crippen LogP contribution is 2.25. The van der Waals surface area contributed by atoms with Gasteiger partial charge in [-0.25, -0.2) is 4.39 Å². The minimum Gasteiger partial charge on any atom is -0.298 e. The molecule has 0 unspecified atom stereocenters. The van der Waals surface area contributed by atoms with E-state index in [0.29, 0.717) is 17.4 Å². The van der Waals surface area contributed by atoms with Crippen LogP contribution in [0.15, 0.2) is 36.7 Å². The van der Waals surface area contributed by atoms with Gasteiger partial charge in [-0.05, 0) is 30.2 Å². The Morgan fingerprint density at radius 1 is 1.25 bits per heavy atom. The maximum atomic E-state index is 13.7. The molecule has 2 nitrogen and oxygen atoms in total. The standard InChI is InChI=1S/C13H10FNO/c1-9-7-15-5-4-11(9)12-3-2-10(8-16)6-13(12)14/h2-8H,1H3. The molecule has 2 aromatic rings. The summed E-state index contributed by atoms with van der Waals surface area (Å²) in [6.07, 6.45) is 3.93. The van der Waals surface area contributed by atoms with Crippen molar-refractivity contribution in [3.05, 3.63) is 53.6 Å². The van der Waals surface area contributed by atoms with Gasteiger partial charge >= 0.3 is 0 Å². The van der Waals surface area contributed by atoms with Crippen LogP contribution in [-0.2, 0) is 0 Å². The number of rotatable bonds is 2. The number of aldehydes is 1. The number of pyridine rings is 1. The van der Waals surface area contributed by atoms with Crippen molar-refractivity contribution in [3.63, 3.8) is 0 Å². The third-order valence-electron chi connectivity index (χ3n) is 2.44. The first-order valence-electron chi connectivity index (χ1n) is 4.88. The Kier molecular flexibility index (Phi) is 2.77.